The molecular formula is C20H22F4N2O. The molecule has 7 heteroatoms. The fraction of sp³-hybridized carbons (Fsp3) is 0.450. The second-order valence-electron chi connectivity index (χ2n) is 7.04. The topological polar surface area (TPSA) is 35.8 Å². The maximum Gasteiger partial charge on any atom is 0.416 e. The molecule has 1 aromatic rings. The van der Waals surface area contributed by atoms with Crippen molar-refractivity contribution >= 4 is 5.71 Å². The minimum Gasteiger partial charge on any atom is -0.411 e. The molecule has 1 heterocycles. The van der Waals surface area contributed by atoms with Crippen LogP contribution in [-0.4, -0.2) is 35.1 Å². The van der Waals surface area contributed by atoms with Crippen LogP contribution in [-0.2, 0) is 6.54 Å². The molecule has 0 amide bonds. The Morgan fingerprint density at radius 1 is 1.15 bits per heavy atom. The van der Waals surface area contributed by atoms with Crippen LogP contribution in [0.3, 0.4) is 0 Å². The van der Waals surface area contributed by atoms with Gasteiger partial charge in [0.05, 0.1) is 17.2 Å². The molecule has 0 radical (unpaired) electrons. The largest absolute Gasteiger partial charge is 0.416 e. The van der Waals surface area contributed by atoms with Crippen molar-refractivity contribution < 1.29 is 22.8 Å². The predicted molar refractivity (Wildman–Crippen MR) is 95.1 cm³/mol. The first-order valence-corrected chi connectivity index (χ1v) is 9.01. The molecule has 27 heavy (non-hydrogen) atoms. The predicted octanol–water partition coefficient (Wildman–Crippen LogP) is 5.09. The van der Waals surface area contributed by atoms with E-state index in [1.807, 2.05) is 18.2 Å². The van der Waals surface area contributed by atoms with Crippen LogP contribution in [0.25, 0.3) is 0 Å². The van der Waals surface area contributed by atoms with Gasteiger partial charge in [-0.05, 0) is 44.0 Å². The fourth-order valence-corrected chi connectivity index (χ4v) is 3.79. The van der Waals surface area contributed by atoms with Crippen molar-refractivity contribution in [3.05, 3.63) is 59.4 Å². The summed E-state index contributed by atoms with van der Waals surface area (Å²) in [5.74, 6) is -1.93. The highest BCUT2D eigenvalue weighted by Crippen LogP contribution is 2.37. The number of alkyl halides is 3. The van der Waals surface area contributed by atoms with E-state index in [0.29, 0.717) is 18.9 Å². The molecule has 1 N–H and O–H groups in total. The molecule has 1 aliphatic carbocycles. The third-order valence-electron chi connectivity index (χ3n) is 5.25. The van der Waals surface area contributed by atoms with Crippen LogP contribution in [0, 0.1) is 11.8 Å². The summed E-state index contributed by atoms with van der Waals surface area (Å²) in [6.07, 6.45) is -1.84. The Bertz CT molecular complexity index is 732. The molecule has 3 nitrogen and oxygen atoms in total. The molecule has 1 aromatic carbocycles. The van der Waals surface area contributed by atoms with Crippen LogP contribution >= 0.6 is 0 Å². The van der Waals surface area contributed by atoms with Gasteiger partial charge in [0.2, 0.25) is 0 Å². The van der Waals surface area contributed by atoms with Gasteiger partial charge < -0.3 is 5.21 Å². The third kappa shape index (κ3) is 4.77. The van der Waals surface area contributed by atoms with Crippen molar-refractivity contribution in [2.24, 2.45) is 17.0 Å². The quantitative estimate of drug-likeness (QED) is 0.341. The lowest BCUT2D eigenvalue weighted by Crippen LogP contribution is -2.38. The van der Waals surface area contributed by atoms with Gasteiger partial charge in [-0.25, -0.2) is 4.39 Å². The van der Waals surface area contributed by atoms with Gasteiger partial charge in [0.15, 0.2) is 0 Å². The second kappa shape index (κ2) is 8.25. The minimum absolute atomic E-state index is 0.132. The van der Waals surface area contributed by atoms with E-state index < -0.39 is 23.5 Å². The Labute approximate surface area is 155 Å². The number of hydrogen-bond acceptors (Lipinski definition) is 3. The van der Waals surface area contributed by atoms with E-state index in [9.17, 15) is 22.8 Å². The zero-order chi connectivity index (χ0) is 19.4. The number of nitrogens with zero attached hydrogens (tertiary/aromatic N) is 2. The SMILES string of the molecule is O/N=C(\C1CCN(Cc2ccccc2)CC1)C1CC=C(C(F)(F)F)C=C1F. The van der Waals surface area contributed by atoms with E-state index in [-0.39, 0.29) is 18.1 Å². The summed E-state index contributed by atoms with van der Waals surface area (Å²) in [4.78, 5) is 2.27. The number of rotatable bonds is 4. The molecule has 146 valence electrons. The number of allylic oxidation sites excluding steroid dienone is 4. The van der Waals surface area contributed by atoms with Crippen LogP contribution in [0.5, 0.6) is 0 Å². The van der Waals surface area contributed by atoms with Crippen molar-refractivity contribution in [2.45, 2.75) is 32.0 Å². The minimum atomic E-state index is -4.57. The highest BCUT2D eigenvalue weighted by Gasteiger charge is 2.38. The molecule has 0 bridgehead atoms. The van der Waals surface area contributed by atoms with Crippen molar-refractivity contribution in [3.63, 3.8) is 0 Å². The summed E-state index contributed by atoms with van der Waals surface area (Å²) in [5.41, 5.74) is 0.477. The van der Waals surface area contributed by atoms with E-state index in [1.165, 1.54) is 5.56 Å². The molecule has 1 saturated heterocycles. The number of oxime groups is 1. The highest BCUT2D eigenvalue weighted by molar-refractivity contribution is 5.91. The average Bonchev–Trinajstić information content (AvgIpc) is 2.65. The first-order chi connectivity index (χ1) is 12.9. The molecule has 3 rings (SSSR count). The molecule has 0 spiro atoms. The average molecular weight is 382 g/mol. The van der Waals surface area contributed by atoms with Gasteiger partial charge in [-0.1, -0.05) is 41.6 Å². The van der Waals surface area contributed by atoms with Crippen LogP contribution in [0.1, 0.15) is 24.8 Å². The normalized spacial score (nSPS) is 23.1. The molecule has 0 aromatic heterocycles. The maximum atomic E-state index is 14.3. The Morgan fingerprint density at radius 2 is 1.81 bits per heavy atom. The van der Waals surface area contributed by atoms with E-state index >= 15 is 0 Å². The highest BCUT2D eigenvalue weighted by atomic mass is 19.4. The van der Waals surface area contributed by atoms with Crippen molar-refractivity contribution in [1.29, 1.82) is 0 Å². The summed E-state index contributed by atoms with van der Waals surface area (Å²) in [5, 5.41) is 12.7. The molecular weight excluding hydrogens is 360 g/mol. The van der Waals surface area contributed by atoms with Gasteiger partial charge in [-0.3, -0.25) is 4.90 Å². The summed E-state index contributed by atoms with van der Waals surface area (Å²) in [6, 6.07) is 10.0. The Kier molecular flexibility index (Phi) is 5.99. The second-order valence-corrected chi connectivity index (χ2v) is 7.04. The molecule has 2 aliphatic rings. The summed E-state index contributed by atoms with van der Waals surface area (Å²) < 4.78 is 52.5. The van der Waals surface area contributed by atoms with Crippen LogP contribution in [0.2, 0.25) is 0 Å². The number of piperidine rings is 1. The summed E-state index contributed by atoms with van der Waals surface area (Å²) in [7, 11) is 0. The molecule has 1 fully saturated rings. The Balaban J connectivity index is 1.60. The zero-order valence-corrected chi connectivity index (χ0v) is 14.8. The van der Waals surface area contributed by atoms with Crippen molar-refractivity contribution in [3.8, 4) is 0 Å². The number of likely N-dealkylation sites (tertiary alicyclic amines) is 1. The van der Waals surface area contributed by atoms with Gasteiger partial charge >= 0.3 is 6.18 Å². The molecule has 1 atom stereocenters. The van der Waals surface area contributed by atoms with E-state index in [4.69, 9.17) is 0 Å². The Morgan fingerprint density at radius 3 is 2.37 bits per heavy atom. The first-order valence-electron chi connectivity index (χ1n) is 9.01. The number of hydrogen-bond donors (Lipinski definition) is 1. The standard InChI is InChI=1S/C20H22F4N2O/c21-18-12-16(20(22,23)24)6-7-17(18)19(25-27)15-8-10-26(11-9-15)13-14-4-2-1-3-5-14/h1-6,12,15,17,27H,7-11,13H2/b25-19+. The van der Waals surface area contributed by atoms with Gasteiger partial charge in [0.1, 0.15) is 5.83 Å². The fourth-order valence-electron chi connectivity index (χ4n) is 3.79. The number of halogens is 4. The first kappa shape index (κ1) is 19.6. The summed E-state index contributed by atoms with van der Waals surface area (Å²) >= 11 is 0. The zero-order valence-electron chi connectivity index (χ0n) is 14.8. The molecule has 1 aliphatic heterocycles. The van der Waals surface area contributed by atoms with Crippen LogP contribution in [0.4, 0.5) is 17.6 Å². The van der Waals surface area contributed by atoms with Gasteiger partial charge in [0, 0.05) is 12.5 Å². The van der Waals surface area contributed by atoms with Crippen molar-refractivity contribution in [1.82, 2.24) is 4.90 Å². The molecule has 1 unspecified atom stereocenters. The third-order valence-corrected chi connectivity index (χ3v) is 5.25. The molecule has 0 saturated carbocycles. The van der Waals surface area contributed by atoms with E-state index in [1.54, 1.807) is 0 Å². The van der Waals surface area contributed by atoms with Crippen molar-refractivity contribution in [2.75, 3.05) is 13.1 Å². The van der Waals surface area contributed by atoms with Gasteiger partial charge in [-0.2, -0.15) is 13.2 Å². The smallest absolute Gasteiger partial charge is 0.411 e. The monoisotopic (exact) mass is 382 g/mol. The van der Waals surface area contributed by atoms with E-state index in [0.717, 1.165) is 25.7 Å². The van der Waals surface area contributed by atoms with Crippen LogP contribution < -0.4 is 0 Å². The lowest BCUT2D eigenvalue weighted by Gasteiger charge is -2.34. The Hall–Kier alpha value is -2.15. The van der Waals surface area contributed by atoms with E-state index in [2.05, 4.69) is 22.2 Å². The summed E-state index contributed by atoms with van der Waals surface area (Å²) in [6.45, 7) is 2.34. The lowest BCUT2D eigenvalue weighted by molar-refractivity contribution is -0.0889. The lowest BCUT2D eigenvalue weighted by atomic mass is 9.80. The number of benzene rings is 1. The van der Waals surface area contributed by atoms with Gasteiger partial charge in [0.25, 0.3) is 0 Å². The maximum absolute atomic E-state index is 14.3. The van der Waals surface area contributed by atoms with Crippen LogP contribution in [0.15, 0.2) is 59.0 Å². The van der Waals surface area contributed by atoms with Gasteiger partial charge in [-0.15, -0.1) is 0 Å².